The Morgan fingerprint density at radius 3 is 2.71 bits per heavy atom. The Labute approximate surface area is 113 Å². The molecule has 0 saturated carbocycles. The van der Waals surface area contributed by atoms with Crippen molar-refractivity contribution in [1.29, 1.82) is 0 Å². The minimum Gasteiger partial charge on any atom is -0.355 e. The summed E-state index contributed by atoms with van der Waals surface area (Å²) < 4.78 is 1.08. The topological polar surface area (TPSA) is 15.8 Å². The van der Waals surface area contributed by atoms with Gasteiger partial charge in [0.05, 0.1) is 0 Å². The standard InChI is InChI=1S/C14H9BrClN/c15-11-4-5-13-10(6-11)8-14(17-13)9-2-1-3-12(16)7-9/h1-8,17H. The summed E-state index contributed by atoms with van der Waals surface area (Å²) in [7, 11) is 0. The molecule has 17 heavy (non-hydrogen) atoms. The van der Waals surface area contributed by atoms with E-state index in [0.717, 1.165) is 26.3 Å². The zero-order chi connectivity index (χ0) is 11.8. The first kappa shape index (κ1) is 10.9. The van der Waals surface area contributed by atoms with Gasteiger partial charge in [-0.05, 0) is 42.0 Å². The summed E-state index contributed by atoms with van der Waals surface area (Å²) in [5, 5.41) is 1.94. The van der Waals surface area contributed by atoms with Gasteiger partial charge in [-0.1, -0.05) is 39.7 Å². The first-order valence-corrected chi connectivity index (χ1v) is 6.44. The lowest BCUT2D eigenvalue weighted by molar-refractivity contribution is 1.45. The van der Waals surface area contributed by atoms with Gasteiger partial charge in [-0.25, -0.2) is 0 Å². The van der Waals surface area contributed by atoms with Crippen LogP contribution in [0.1, 0.15) is 0 Å². The fourth-order valence-corrected chi connectivity index (χ4v) is 2.48. The SMILES string of the molecule is Clc1cccc(-c2cc3cc(Br)ccc3[nH]2)c1. The predicted molar refractivity (Wildman–Crippen MR) is 76.4 cm³/mol. The van der Waals surface area contributed by atoms with Crippen LogP contribution in [-0.4, -0.2) is 4.98 Å². The van der Waals surface area contributed by atoms with Gasteiger partial charge in [0.2, 0.25) is 0 Å². The Bertz CT molecular complexity index is 688. The maximum Gasteiger partial charge on any atom is 0.0465 e. The normalized spacial score (nSPS) is 10.9. The number of halogens is 2. The molecule has 0 unspecified atom stereocenters. The highest BCUT2D eigenvalue weighted by atomic mass is 79.9. The van der Waals surface area contributed by atoms with Crippen LogP contribution in [0.5, 0.6) is 0 Å². The minimum atomic E-state index is 0.752. The average Bonchev–Trinajstić information content (AvgIpc) is 2.72. The number of nitrogens with one attached hydrogen (secondary N) is 1. The van der Waals surface area contributed by atoms with Crippen LogP contribution >= 0.6 is 27.5 Å². The number of hydrogen-bond acceptors (Lipinski definition) is 0. The van der Waals surface area contributed by atoms with Gasteiger partial charge in [-0.2, -0.15) is 0 Å². The van der Waals surface area contributed by atoms with Crippen molar-refractivity contribution in [2.75, 3.05) is 0 Å². The molecule has 0 aliphatic rings. The zero-order valence-electron chi connectivity index (χ0n) is 8.87. The molecule has 0 spiro atoms. The molecule has 0 bridgehead atoms. The van der Waals surface area contributed by atoms with Gasteiger partial charge in [0.25, 0.3) is 0 Å². The van der Waals surface area contributed by atoms with Crippen LogP contribution in [0.15, 0.2) is 53.0 Å². The van der Waals surface area contributed by atoms with E-state index in [4.69, 9.17) is 11.6 Å². The molecule has 1 N–H and O–H groups in total. The van der Waals surface area contributed by atoms with E-state index in [1.807, 2.05) is 30.3 Å². The Morgan fingerprint density at radius 2 is 1.88 bits per heavy atom. The third kappa shape index (κ3) is 2.11. The van der Waals surface area contributed by atoms with Crippen molar-refractivity contribution in [2.45, 2.75) is 0 Å². The highest BCUT2D eigenvalue weighted by molar-refractivity contribution is 9.10. The van der Waals surface area contributed by atoms with Crippen LogP contribution in [0.25, 0.3) is 22.2 Å². The van der Waals surface area contributed by atoms with Crippen molar-refractivity contribution in [3.8, 4) is 11.3 Å². The van der Waals surface area contributed by atoms with E-state index >= 15 is 0 Å². The second-order valence-electron chi connectivity index (χ2n) is 3.92. The van der Waals surface area contributed by atoms with E-state index in [9.17, 15) is 0 Å². The lowest BCUT2D eigenvalue weighted by Gasteiger charge is -1.97. The predicted octanol–water partition coefficient (Wildman–Crippen LogP) is 5.25. The summed E-state index contributed by atoms with van der Waals surface area (Å²) in [6, 6.07) is 16.2. The Morgan fingerprint density at radius 1 is 1.00 bits per heavy atom. The maximum atomic E-state index is 6.00. The number of H-pyrrole nitrogens is 1. The minimum absolute atomic E-state index is 0.752. The van der Waals surface area contributed by atoms with Crippen LogP contribution in [0.2, 0.25) is 5.02 Å². The molecule has 0 amide bonds. The lowest BCUT2D eigenvalue weighted by Crippen LogP contribution is -1.76. The lowest BCUT2D eigenvalue weighted by atomic mass is 10.1. The molecule has 0 fully saturated rings. The largest absolute Gasteiger partial charge is 0.355 e. The Hall–Kier alpha value is -1.25. The van der Waals surface area contributed by atoms with Crippen LogP contribution in [0.3, 0.4) is 0 Å². The van der Waals surface area contributed by atoms with Gasteiger partial charge in [0, 0.05) is 26.1 Å². The molecule has 0 aliphatic carbocycles. The third-order valence-corrected chi connectivity index (χ3v) is 3.45. The smallest absolute Gasteiger partial charge is 0.0465 e. The zero-order valence-corrected chi connectivity index (χ0v) is 11.2. The molecule has 2 aromatic carbocycles. The number of aromatic amines is 1. The third-order valence-electron chi connectivity index (χ3n) is 2.72. The van der Waals surface area contributed by atoms with E-state index in [0.29, 0.717) is 0 Å². The van der Waals surface area contributed by atoms with E-state index in [1.165, 1.54) is 5.39 Å². The summed E-state index contributed by atoms with van der Waals surface area (Å²) in [4.78, 5) is 3.39. The summed E-state index contributed by atoms with van der Waals surface area (Å²) in [5.41, 5.74) is 3.31. The first-order chi connectivity index (χ1) is 8.22. The highest BCUT2D eigenvalue weighted by Crippen LogP contribution is 2.27. The van der Waals surface area contributed by atoms with Gasteiger partial charge in [0.15, 0.2) is 0 Å². The van der Waals surface area contributed by atoms with Crippen molar-refractivity contribution in [3.05, 3.63) is 58.0 Å². The van der Waals surface area contributed by atoms with Crippen LogP contribution in [-0.2, 0) is 0 Å². The van der Waals surface area contributed by atoms with Crippen LogP contribution in [0.4, 0.5) is 0 Å². The van der Waals surface area contributed by atoms with Crippen molar-refractivity contribution in [1.82, 2.24) is 4.98 Å². The van der Waals surface area contributed by atoms with E-state index in [2.05, 4.69) is 39.1 Å². The molecule has 0 saturated heterocycles. The number of hydrogen-bond donors (Lipinski definition) is 1. The highest BCUT2D eigenvalue weighted by Gasteiger charge is 2.03. The van der Waals surface area contributed by atoms with Crippen molar-refractivity contribution >= 4 is 38.4 Å². The van der Waals surface area contributed by atoms with E-state index < -0.39 is 0 Å². The first-order valence-electron chi connectivity index (χ1n) is 5.26. The molecule has 1 aromatic heterocycles. The molecule has 0 aliphatic heterocycles. The number of rotatable bonds is 1. The van der Waals surface area contributed by atoms with Crippen LogP contribution in [0, 0.1) is 0 Å². The molecule has 1 nitrogen and oxygen atoms in total. The Balaban J connectivity index is 2.18. The number of benzene rings is 2. The summed E-state index contributed by atoms with van der Waals surface area (Å²) in [6.45, 7) is 0. The second kappa shape index (κ2) is 4.21. The van der Waals surface area contributed by atoms with Gasteiger partial charge < -0.3 is 4.98 Å². The van der Waals surface area contributed by atoms with Crippen molar-refractivity contribution < 1.29 is 0 Å². The molecule has 0 radical (unpaired) electrons. The second-order valence-corrected chi connectivity index (χ2v) is 5.28. The maximum absolute atomic E-state index is 6.00. The molecular weight excluding hydrogens is 298 g/mol. The summed E-state index contributed by atoms with van der Waals surface area (Å²) >= 11 is 9.47. The molecular formula is C14H9BrClN. The molecule has 84 valence electrons. The van der Waals surface area contributed by atoms with Gasteiger partial charge >= 0.3 is 0 Å². The van der Waals surface area contributed by atoms with Crippen molar-refractivity contribution in [3.63, 3.8) is 0 Å². The van der Waals surface area contributed by atoms with E-state index in [-0.39, 0.29) is 0 Å². The van der Waals surface area contributed by atoms with Gasteiger partial charge in [-0.15, -0.1) is 0 Å². The molecule has 3 rings (SSSR count). The van der Waals surface area contributed by atoms with E-state index in [1.54, 1.807) is 0 Å². The molecule has 0 atom stereocenters. The average molecular weight is 307 g/mol. The Kier molecular flexibility index (Phi) is 2.69. The molecule has 3 aromatic rings. The summed E-state index contributed by atoms with van der Waals surface area (Å²) in [6.07, 6.45) is 0. The van der Waals surface area contributed by atoms with Gasteiger partial charge in [0.1, 0.15) is 0 Å². The number of fused-ring (bicyclic) bond motifs is 1. The van der Waals surface area contributed by atoms with Gasteiger partial charge in [-0.3, -0.25) is 0 Å². The fraction of sp³-hybridized carbons (Fsp3) is 0. The molecule has 1 heterocycles. The molecule has 3 heteroatoms. The van der Waals surface area contributed by atoms with Crippen molar-refractivity contribution in [2.24, 2.45) is 0 Å². The number of aromatic nitrogens is 1. The van der Waals surface area contributed by atoms with Crippen LogP contribution < -0.4 is 0 Å². The quantitative estimate of drug-likeness (QED) is 0.632. The monoisotopic (exact) mass is 305 g/mol. The summed E-state index contributed by atoms with van der Waals surface area (Å²) in [5.74, 6) is 0. The fourth-order valence-electron chi connectivity index (χ4n) is 1.92.